The highest BCUT2D eigenvalue weighted by molar-refractivity contribution is 9.10. The molecule has 0 bridgehead atoms. The Bertz CT molecular complexity index is 588. The van der Waals surface area contributed by atoms with Crippen LogP contribution in [-0.2, 0) is 13.6 Å². The number of benzene rings is 1. The Hall–Kier alpha value is -1.82. The zero-order chi connectivity index (χ0) is 14.0. The number of imidazole rings is 1. The molecular formula is C13H15BrN4O. The van der Waals surface area contributed by atoms with Crippen LogP contribution in [0, 0.1) is 0 Å². The third-order valence-electron chi connectivity index (χ3n) is 2.81. The molecular weight excluding hydrogens is 308 g/mol. The number of hydrogen-bond donors (Lipinski definition) is 1. The number of aromatic nitrogens is 2. The Kier molecular flexibility index (Phi) is 3.90. The molecule has 0 aliphatic carbocycles. The molecule has 0 unspecified atom stereocenters. The van der Waals surface area contributed by atoms with Gasteiger partial charge in [0.05, 0.1) is 6.54 Å². The predicted octanol–water partition coefficient (Wildman–Crippen LogP) is 2.04. The molecule has 100 valence electrons. The third kappa shape index (κ3) is 3.14. The van der Waals surface area contributed by atoms with E-state index < -0.39 is 0 Å². The smallest absolute Gasteiger partial charge is 0.254 e. The highest BCUT2D eigenvalue weighted by Crippen LogP contribution is 2.18. The molecule has 0 aliphatic heterocycles. The van der Waals surface area contributed by atoms with Gasteiger partial charge in [0.1, 0.15) is 5.82 Å². The number of amides is 1. The molecule has 1 heterocycles. The molecule has 0 aliphatic rings. The molecule has 1 aromatic heterocycles. The van der Waals surface area contributed by atoms with Gasteiger partial charge in [0.2, 0.25) is 0 Å². The van der Waals surface area contributed by atoms with Crippen molar-refractivity contribution in [3.05, 3.63) is 46.5 Å². The lowest BCUT2D eigenvalue weighted by molar-refractivity contribution is 0.0780. The monoisotopic (exact) mass is 322 g/mol. The Morgan fingerprint density at radius 2 is 2.21 bits per heavy atom. The van der Waals surface area contributed by atoms with Crippen molar-refractivity contribution in [2.75, 3.05) is 12.8 Å². The number of hydrogen-bond acceptors (Lipinski definition) is 3. The number of carbonyl (C=O) groups excluding carboxylic acids is 1. The van der Waals surface area contributed by atoms with E-state index in [2.05, 4.69) is 20.9 Å². The van der Waals surface area contributed by atoms with E-state index in [1.807, 2.05) is 17.8 Å². The first-order valence-electron chi connectivity index (χ1n) is 5.75. The van der Waals surface area contributed by atoms with Gasteiger partial charge in [-0.25, -0.2) is 4.98 Å². The summed E-state index contributed by atoms with van der Waals surface area (Å²) in [6.07, 6.45) is 3.56. The number of carbonyl (C=O) groups is 1. The van der Waals surface area contributed by atoms with Gasteiger partial charge in [-0.15, -0.1) is 0 Å². The van der Waals surface area contributed by atoms with Crippen molar-refractivity contribution in [2.24, 2.45) is 7.05 Å². The van der Waals surface area contributed by atoms with E-state index >= 15 is 0 Å². The van der Waals surface area contributed by atoms with Crippen LogP contribution in [0.25, 0.3) is 0 Å². The topological polar surface area (TPSA) is 64.2 Å². The maximum atomic E-state index is 12.3. The predicted molar refractivity (Wildman–Crippen MR) is 77.6 cm³/mol. The fourth-order valence-corrected chi connectivity index (χ4v) is 2.30. The lowest BCUT2D eigenvalue weighted by Crippen LogP contribution is -2.27. The van der Waals surface area contributed by atoms with Crippen molar-refractivity contribution in [1.82, 2.24) is 14.5 Å². The number of anilines is 1. The normalized spacial score (nSPS) is 10.5. The average molecular weight is 323 g/mol. The maximum Gasteiger partial charge on any atom is 0.254 e. The highest BCUT2D eigenvalue weighted by Gasteiger charge is 2.14. The van der Waals surface area contributed by atoms with Gasteiger partial charge in [-0.3, -0.25) is 4.79 Å². The van der Waals surface area contributed by atoms with Crippen LogP contribution in [0.5, 0.6) is 0 Å². The third-order valence-corrected chi connectivity index (χ3v) is 3.27. The van der Waals surface area contributed by atoms with Gasteiger partial charge >= 0.3 is 0 Å². The summed E-state index contributed by atoms with van der Waals surface area (Å²) >= 11 is 3.34. The molecule has 2 rings (SSSR count). The molecule has 0 saturated heterocycles. The Balaban J connectivity index is 2.17. The van der Waals surface area contributed by atoms with E-state index in [0.717, 1.165) is 10.3 Å². The van der Waals surface area contributed by atoms with Gasteiger partial charge in [0.15, 0.2) is 0 Å². The van der Waals surface area contributed by atoms with Crippen molar-refractivity contribution in [3.8, 4) is 0 Å². The minimum absolute atomic E-state index is 0.0870. The second-order valence-electron chi connectivity index (χ2n) is 4.39. The van der Waals surface area contributed by atoms with Crippen LogP contribution in [0.3, 0.4) is 0 Å². The van der Waals surface area contributed by atoms with E-state index in [0.29, 0.717) is 17.8 Å². The van der Waals surface area contributed by atoms with Crippen LogP contribution in [0.1, 0.15) is 16.2 Å². The summed E-state index contributed by atoms with van der Waals surface area (Å²) in [7, 11) is 3.64. The number of halogens is 1. The Morgan fingerprint density at radius 3 is 2.79 bits per heavy atom. The number of nitrogen functional groups attached to an aromatic ring is 1. The van der Waals surface area contributed by atoms with Gasteiger partial charge in [0, 0.05) is 42.2 Å². The van der Waals surface area contributed by atoms with Gasteiger partial charge in [-0.2, -0.15) is 0 Å². The first-order chi connectivity index (χ1) is 8.97. The molecule has 19 heavy (non-hydrogen) atoms. The zero-order valence-electron chi connectivity index (χ0n) is 10.8. The maximum absolute atomic E-state index is 12.3. The van der Waals surface area contributed by atoms with Crippen LogP contribution < -0.4 is 5.73 Å². The quantitative estimate of drug-likeness (QED) is 0.879. The van der Waals surface area contributed by atoms with E-state index in [1.54, 1.807) is 36.3 Å². The molecule has 1 aromatic carbocycles. The van der Waals surface area contributed by atoms with Crippen LogP contribution in [0.15, 0.2) is 35.1 Å². The first kappa shape index (κ1) is 13.6. The Morgan fingerprint density at radius 1 is 1.47 bits per heavy atom. The summed E-state index contributed by atoms with van der Waals surface area (Å²) in [6, 6.07) is 5.19. The van der Waals surface area contributed by atoms with E-state index in [1.165, 1.54) is 0 Å². The van der Waals surface area contributed by atoms with Gasteiger partial charge in [-0.1, -0.05) is 15.9 Å². The summed E-state index contributed by atoms with van der Waals surface area (Å²) in [5.74, 6) is 0.745. The second-order valence-corrected chi connectivity index (χ2v) is 5.30. The van der Waals surface area contributed by atoms with Gasteiger partial charge in [0.25, 0.3) is 5.91 Å². The molecule has 1 amide bonds. The highest BCUT2D eigenvalue weighted by atomic mass is 79.9. The molecule has 2 N–H and O–H groups in total. The summed E-state index contributed by atoms with van der Waals surface area (Å²) < 4.78 is 2.68. The summed E-state index contributed by atoms with van der Waals surface area (Å²) in [4.78, 5) is 18.1. The van der Waals surface area contributed by atoms with Gasteiger partial charge in [-0.05, 0) is 18.2 Å². The largest absolute Gasteiger partial charge is 0.399 e. The van der Waals surface area contributed by atoms with Crippen molar-refractivity contribution in [2.45, 2.75) is 6.54 Å². The fraction of sp³-hybridized carbons (Fsp3) is 0.231. The summed E-state index contributed by atoms with van der Waals surface area (Å²) in [5, 5.41) is 0. The van der Waals surface area contributed by atoms with Crippen LogP contribution in [0.2, 0.25) is 0 Å². The molecule has 0 radical (unpaired) electrons. The second kappa shape index (κ2) is 5.44. The van der Waals surface area contributed by atoms with Crippen LogP contribution >= 0.6 is 15.9 Å². The van der Waals surface area contributed by atoms with Crippen LogP contribution in [0.4, 0.5) is 5.69 Å². The first-order valence-corrected chi connectivity index (χ1v) is 6.54. The summed E-state index contributed by atoms with van der Waals surface area (Å²) in [5.41, 5.74) is 6.86. The van der Waals surface area contributed by atoms with Crippen molar-refractivity contribution >= 4 is 27.5 Å². The molecule has 2 aromatic rings. The van der Waals surface area contributed by atoms with Crippen LogP contribution in [-0.4, -0.2) is 27.4 Å². The number of rotatable bonds is 3. The molecule has 0 spiro atoms. The van der Waals surface area contributed by atoms with E-state index in [-0.39, 0.29) is 5.91 Å². The number of nitrogens with zero attached hydrogens (tertiary/aromatic N) is 3. The van der Waals surface area contributed by atoms with E-state index in [4.69, 9.17) is 5.73 Å². The Labute approximate surface area is 120 Å². The number of nitrogens with two attached hydrogens (primary N) is 1. The lowest BCUT2D eigenvalue weighted by Gasteiger charge is -2.17. The van der Waals surface area contributed by atoms with Crippen molar-refractivity contribution < 1.29 is 4.79 Å². The van der Waals surface area contributed by atoms with Crippen molar-refractivity contribution in [1.29, 1.82) is 0 Å². The molecule has 0 atom stereocenters. The fourth-order valence-electron chi connectivity index (χ4n) is 1.79. The minimum Gasteiger partial charge on any atom is -0.399 e. The average Bonchev–Trinajstić information content (AvgIpc) is 2.72. The van der Waals surface area contributed by atoms with E-state index in [9.17, 15) is 4.79 Å². The molecule has 6 heteroatoms. The molecule has 5 nitrogen and oxygen atoms in total. The number of aryl methyl sites for hydroxylation is 1. The molecule has 0 fully saturated rings. The van der Waals surface area contributed by atoms with Gasteiger partial charge < -0.3 is 15.2 Å². The standard InChI is InChI=1S/C13H15BrN4O/c1-17-4-3-16-12(17)8-18(2)13(19)9-5-10(14)7-11(15)6-9/h3-7H,8,15H2,1-2H3. The zero-order valence-corrected chi connectivity index (χ0v) is 12.4. The SMILES string of the molecule is CN(Cc1nccn1C)C(=O)c1cc(N)cc(Br)c1. The van der Waals surface area contributed by atoms with Crippen molar-refractivity contribution in [3.63, 3.8) is 0 Å². The lowest BCUT2D eigenvalue weighted by atomic mass is 10.2. The summed E-state index contributed by atoms with van der Waals surface area (Å²) in [6.45, 7) is 0.453. The molecule has 0 saturated carbocycles. The minimum atomic E-state index is -0.0870.